The van der Waals surface area contributed by atoms with E-state index >= 15 is 0 Å². The topological polar surface area (TPSA) is 61.4 Å². The molecule has 3 rings (SSSR count). The van der Waals surface area contributed by atoms with Crippen molar-refractivity contribution in [1.29, 1.82) is 0 Å². The molecule has 0 radical (unpaired) electrons. The number of amides is 2. The maximum absolute atomic E-state index is 13.0. The van der Waals surface area contributed by atoms with Gasteiger partial charge in [-0.3, -0.25) is 9.59 Å². The molecule has 5 nitrogen and oxygen atoms in total. The molecule has 160 valence electrons. The molecule has 0 saturated carbocycles. The lowest BCUT2D eigenvalue weighted by atomic mass is 9.95. The summed E-state index contributed by atoms with van der Waals surface area (Å²) in [6.07, 6.45) is 0.950. The number of benzene rings is 2. The Morgan fingerprint density at radius 2 is 1.77 bits per heavy atom. The molecular weight excluding hydrogens is 374 g/mol. The van der Waals surface area contributed by atoms with Gasteiger partial charge in [0.15, 0.2) is 0 Å². The minimum absolute atomic E-state index is 0.0734. The fourth-order valence-electron chi connectivity index (χ4n) is 3.48. The number of carbonyl (C=O) groups is 2. The number of carbonyl (C=O) groups excluding carboxylic acids is 2. The van der Waals surface area contributed by atoms with Crippen molar-refractivity contribution in [2.75, 3.05) is 23.3 Å². The van der Waals surface area contributed by atoms with Gasteiger partial charge in [-0.2, -0.15) is 0 Å². The summed E-state index contributed by atoms with van der Waals surface area (Å²) in [5.41, 5.74) is 4.30. The molecule has 2 aromatic carbocycles. The SMILES string of the molecule is CC(C)CNC(=O)c1cc(NC(=O)C(C)(C)C)ccc1N1CCc2ccccc2C1. The predicted octanol–water partition coefficient (Wildman–Crippen LogP) is 4.62. The van der Waals surface area contributed by atoms with Gasteiger partial charge in [0, 0.05) is 36.4 Å². The number of anilines is 2. The number of hydrogen-bond acceptors (Lipinski definition) is 3. The normalized spacial score (nSPS) is 13.7. The van der Waals surface area contributed by atoms with E-state index in [-0.39, 0.29) is 11.8 Å². The Bertz CT molecular complexity index is 928. The molecule has 1 aliphatic heterocycles. The number of rotatable bonds is 5. The van der Waals surface area contributed by atoms with E-state index in [1.807, 2.05) is 32.9 Å². The summed E-state index contributed by atoms with van der Waals surface area (Å²) in [4.78, 5) is 27.7. The maximum Gasteiger partial charge on any atom is 0.253 e. The second-order valence-electron chi connectivity index (χ2n) is 9.48. The lowest BCUT2D eigenvalue weighted by molar-refractivity contribution is -0.123. The summed E-state index contributed by atoms with van der Waals surface area (Å²) in [5.74, 6) is 0.183. The second kappa shape index (κ2) is 8.90. The lowest BCUT2D eigenvalue weighted by Gasteiger charge is -2.32. The van der Waals surface area contributed by atoms with Crippen LogP contribution in [0.3, 0.4) is 0 Å². The molecule has 0 unspecified atom stereocenters. The van der Waals surface area contributed by atoms with E-state index in [0.29, 0.717) is 23.7 Å². The van der Waals surface area contributed by atoms with E-state index in [1.165, 1.54) is 11.1 Å². The van der Waals surface area contributed by atoms with Crippen molar-refractivity contribution in [3.05, 3.63) is 59.2 Å². The molecular formula is C25H33N3O2. The Kier molecular flexibility index (Phi) is 6.49. The van der Waals surface area contributed by atoms with Gasteiger partial charge in [0.1, 0.15) is 0 Å². The van der Waals surface area contributed by atoms with Crippen molar-refractivity contribution in [3.8, 4) is 0 Å². The highest BCUT2D eigenvalue weighted by molar-refractivity contribution is 6.02. The van der Waals surface area contributed by atoms with Crippen molar-refractivity contribution in [1.82, 2.24) is 5.32 Å². The number of nitrogens with zero attached hydrogens (tertiary/aromatic N) is 1. The first kappa shape index (κ1) is 21.9. The molecule has 30 heavy (non-hydrogen) atoms. The first-order chi connectivity index (χ1) is 14.1. The predicted molar refractivity (Wildman–Crippen MR) is 123 cm³/mol. The van der Waals surface area contributed by atoms with Crippen LogP contribution in [0.5, 0.6) is 0 Å². The van der Waals surface area contributed by atoms with Gasteiger partial charge in [-0.15, -0.1) is 0 Å². The third-order valence-electron chi connectivity index (χ3n) is 5.32. The van der Waals surface area contributed by atoms with Crippen molar-refractivity contribution < 1.29 is 9.59 Å². The maximum atomic E-state index is 13.0. The van der Waals surface area contributed by atoms with Gasteiger partial charge >= 0.3 is 0 Å². The fourth-order valence-corrected chi connectivity index (χ4v) is 3.48. The van der Waals surface area contributed by atoms with Crippen molar-refractivity contribution in [2.45, 2.75) is 47.6 Å². The van der Waals surface area contributed by atoms with Crippen molar-refractivity contribution in [3.63, 3.8) is 0 Å². The van der Waals surface area contributed by atoms with Crippen LogP contribution >= 0.6 is 0 Å². The molecule has 0 aromatic heterocycles. The van der Waals surface area contributed by atoms with E-state index in [1.54, 1.807) is 6.07 Å². The quantitative estimate of drug-likeness (QED) is 0.760. The lowest BCUT2D eigenvalue weighted by Crippen LogP contribution is -2.34. The van der Waals surface area contributed by atoms with Crippen LogP contribution in [-0.2, 0) is 17.8 Å². The van der Waals surface area contributed by atoms with E-state index in [2.05, 4.69) is 53.6 Å². The Morgan fingerprint density at radius 1 is 1.07 bits per heavy atom. The Labute approximate surface area is 179 Å². The molecule has 0 bridgehead atoms. The molecule has 0 spiro atoms. The second-order valence-corrected chi connectivity index (χ2v) is 9.48. The largest absolute Gasteiger partial charge is 0.366 e. The van der Waals surface area contributed by atoms with E-state index in [4.69, 9.17) is 0 Å². The van der Waals surface area contributed by atoms with Crippen LogP contribution < -0.4 is 15.5 Å². The summed E-state index contributed by atoms with van der Waals surface area (Å²) in [5, 5.41) is 5.98. The third-order valence-corrected chi connectivity index (χ3v) is 5.32. The summed E-state index contributed by atoms with van der Waals surface area (Å²) in [6, 6.07) is 14.1. The van der Waals surface area contributed by atoms with Crippen LogP contribution in [0, 0.1) is 11.3 Å². The van der Waals surface area contributed by atoms with Gasteiger partial charge in [0.05, 0.1) is 5.56 Å². The highest BCUT2D eigenvalue weighted by atomic mass is 16.2. The summed E-state index contributed by atoms with van der Waals surface area (Å²) >= 11 is 0. The minimum Gasteiger partial charge on any atom is -0.366 e. The monoisotopic (exact) mass is 407 g/mol. The van der Waals surface area contributed by atoms with Crippen LogP contribution in [0.1, 0.15) is 56.1 Å². The van der Waals surface area contributed by atoms with Crippen LogP contribution in [0.4, 0.5) is 11.4 Å². The van der Waals surface area contributed by atoms with E-state index in [0.717, 1.165) is 25.2 Å². The highest BCUT2D eigenvalue weighted by Gasteiger charge is 2.24. The fraction of sp³-hybridized carbons (Fsp3) is 0.440. The van der Waals surface area contributed by atoms with Crippen LogP contribution in [0.2, 0.25) is 0 Å². The minimum atomic E-state index is -0.505. The molecule has 2 aromatic rings. The number of hydrogen-bond donors (Lipinski definition) is 2. The zero-order valence-corrected chi connectivity index (χ0v) is 18.7. The average molecular weight is 408 g/mol. The molecule has 0 aliphatic carbocycles. The Morgan fingerprint density at radius 3 is 2.43 bits per heavy atom. The molecule has 2 N–H and O–H groups in total. The first-order valence-corrected chi connectivity index (χ1v) is 10.7. The van der Waals surface area contributed by atoms with Crippen molar-refractivity contribution >= 4 is 23.2 Å². The molecule has 2 amide bonds. The highest BCUT2D eigenvalue weighted by Crippen LogP contribution is 2.30. The molecule has 0 fully saturated rings. The molecule has 1 heterocycles. The Hall–Kier alpha value is -2.82. The van der Waals surface area contributed by atoms with Gasteiger partial charge in [-0.25, -0.2) is 0 Å². The van der Waals surface area contributed by atoms with Crippen LogP contribution in [-0.4, -0.2) is 24.9 Å². The molecule has 5 heteroatoms. The smallest absolute Gasteiger partial charge is 0.253 e. The summed E-state index contributed by atoms with van der Waals surface area (Å²) in [6.45, 7) is 12.0. The van der Waals surface area contributed by atoms with E-state index in [9.17, 15) is 9.59 Å². The zero-order valence-electron chi connectivity index (χ0n) is 18.7. The van der Waals surface area contributed by atoms with E-state index < -0.39 is 5.41 Å². The molecule has 1 aliphatic rings. The standard InChI is InChI=1S/C25H33N3O2/c1-17(2)15-26-23(29)21-14-20(27-24(30)25(3,4)5)10-11-22(21)28-13-12-18-8-6-7-9-19(18)16-28/h6-11,14,17H,12-13,15-16H2,1-5H3,(H,26,29)(H,27,30). The van der Waals surface area contributed by atoms with Crippen LogP contribution in [0.15, 0.2) is 42.5 Å². The van der Waals surface area contributed by atoms with Gasteiger partial charge in [0.25, 0.3) is 5.91 Å². The van der Waals surface area contributed by atoms with Crippen molar-refractivity contribution in [2.24, 2.45) is 11.3 Å². The third kappa shape index (κ3) is 5.21. The van der Waals surface area contributed by atoms with Gasteiger partial charge in [-0.05, 0) is 41.7 Å². The number of nitrogens with one attached hydrogen (secondary N) is 2. The summed E-state index contributed by atoms with van der Waals surface area (Å²) < 4.78 is 0. The van der Waals surface area contributed by atoms with Gasteiger partial charge in [-0.1, -0.05) is 58.9 Å². The van der Waals surface area contributed by atoms with Gasteiger partial charge in [0.2, 0.25) is 5.91 Å². The molecule has 0 saturated heterocycles. The first-order valence-electron chi connectivity index (χ1n) is 10.7. The van der Waals surface area contributed by atoms with Gasteiger partial charge < -0.3 is 15.5 Å². The molecule has 0 atom stereocenters. The van der Waals surface area contributed by atoms with Crippen LogP contribution in [0.25, 0.3) is 0 Å². The number of fused-ring (bicyclic) bond motifs is 1. The zero-order chi connectivity index (χ0) is 21.9. The average Bonchev–Trinajstić information content (AvgIpc) is 2.70. The summed E-state index contributed by atoms with van der Waals surface area (Å²) in [7, 11) is 0. The Balaban J connectivity index is 1.91.